The van der Waals surface area contributed by atoms with Gasteiger partial charge in [-0.1, -0.05) is 0 Å². The van der Waals surface area contributed by atoms with Gasteiger partial charge in [0.2, 0.25) is 5.91 Å². The number of likely N-dealkylation sites (tertiary alicyclic amines) is 1. The first kappa shape index (κ1) is 13.7. The molecule has 2 aliphatic heterocycles. The zero-order valence-electron chi connectivity index (χ0n) is 10.4. The second-order valence-electron chi connectivity index (χ2n) is 4.95. The Morgan fingerprint density at radius 3 is 2.94 bits per heavy atom. The Labute approximate surface area is 111 Å². The van der Waals surface area contributed by atoms with Crippen molar-refractivity contribution in [1.29, 1.82) is 0 Å². The molecular weight excluding hydrogens is 252 g/mol. The number of thioether (sulfide) groups is 1. The van der Waals surface area contributed by atoms with E-state index in [1.54, 1.807) is 4.90 Å². The van der Waals surface area contributed by atoms with Crippen LogP contribution in [0.5, 0.6) is 0 Å². The van der Waals surface area contributed by atoms with Crippen LogP contribution in [-0.4, -0.2) is 59.1 Å². The molecule has 2 atom stereocenters. The minimum atomic E-state index is -0.779. The van der Waals surface area contributed by atoms with Crippen molar-refractivity contribution >= 4 is 23.6 Å². The minimum Gasteiger partial charge on any atom is -0.481 e. The van der Waals surface area contributed by atoms with Crippen LogP contribution < -0.4 is 5.32 Å². The molecule has 2 saturated heterocycles. The van der Waals surface area contributed by atoms with Gasteiger partial charge in [-0.15, -0.1) is 0 Å². The summed E-state index contributed by atoms with van der Waals surface area (Å²) in [6, 6.07) is 0.251. The fourth-order valence-corrected chi connectivity index (χ4v) is 3.45. The van der Waals surface area contributed by atoms with Gasteiger partial charge in [0.15, 0.2) is 0 Å². The summed E-state index contributed by atoms with van der Waals surface area (Å²) in [6.07, 6.45) is 1.99. The Balaban J connectivity index is 1.82. The molecule has 5 nitrogen and oxygen atoms in total. The van der Waals surface area contributed by atoms with Crippen molar-refractivity contribution in [2.45, 2.75) is 25.3 Å². The molecule has 0 aromatic heterocycles. The second-order valence-corrected chi connectivity index (χ2v) is 6.10. The summed E-state index contributed by atoms with van der Waals surface area (Å²) < 4.78 is 0. The smallest absolute Gasteiger partial charge is 0.308 e. The topological polar surface area (TPSA) is 69.6 Å². The third-order valence-electron chi connectivity index (χ3n) is 3.54. The summed E-state index contributed by atoms with van der Waals surface area (Å²) in [6.45, 7) is 2.05. The summed E-state index contributed by atoms with van der Waals surface area (Å²) in [4.78, 5) is 24.8. The fourth-order valence-electron chi connectivity index (χ4n) is 2.50. The Kier molecular flexibility index (Phi) is 4.88. The molecule has 102 valence electrons. The molecule has 0 aromatic carbocycles. The van der Waals surface area contributed by atoms with E-state index in [1.807, 2.05) is 11.8 Å². The van der Waals surface area contributed by atoms with Gasteiger partial charge in [-0.05, 0) is 12.8 Å². The third-order valence-corrected chi connectivity index (χ3v) is 4.67. The van der Waals surface area contributed by atoms with Crippen molar-refractivity contribution < 1.29 is 14.7 Å². The standard InChI is InChI=1S/C12H20N2O3S/c15-11(6-10-8-18-5-3-13-10)14-4-1-2-9(7-14)12(16)17/h9-10,13H,1-8H2,(H,16,17)/t9-,10?/m0/s1. The number of rotatable bonds is 3. The molecule has 0 spiro atoms. The average Bonchev–Trinajstić information content (AvgIpc) is 2.40. The number of carbonyl (C=O) groups excluding carboxylic acids is 1. The van der Waals surface area contributed by atoms with E-state index >= 15 is 0 Å². The molecule has 2 N–H and O–H groups in total. The first-order valence-electron chi connectivity index (χ1n) is 6.48. The molecule has 6 heteroatoms. The summed E-state index contributed by atoms with van der Waals surface area (Å²) in [5.41, 5.74) is 0. The van der Waals surface area contributed by atoms with Crippen LogP contribution >= 0.6 is 11.8 Å². The molecule has 0 saturated carbocycles. The molecule has 0 aromatic rings. The number of hydrogen-bond donors (Lipinski definition) is 2. The summed E-state index contributed by atoms with van der Waals surface area (Å²) in [5, 5.41) is 12.3. The van der Waals surface area contributed by atoms with Gasteiger partial charge in [-0.3, -0.25) is 9.59 Å². The number of piperidine rings is 1. The molecule has 2 heterocycles. The Bertz CT molecular complexity index is 318. The molecule has 2 fully saturated rings. The van der Waals surface area contributed by atoms with E-state index in [0.717, 1.165) is 24.5 Å². The van der Waals surface area contributed by atoms with Crippen LogP contribution in [-0.2, 0) is 9.59 Å². The zero-order valence-corrected chi connectivity index (χ0v) is 11.2. The normalized spacial score (nSPS) is 29.0. The maximum absolute atomic E-state index is 12.1. The van der Waals surface area contributed by atoms with Gasteiger partial charge in [-0.2, -0.15) is 11.8 Å². The van der Waals surface area contributed by atoms with E-state index in [0.29, 0.717) is 25.9 Å². The highest BCUT2D eigenvalue weighted by Gasteiger charge is 2.29. The van der Waals surface area contributed by atoms with Crippen LogP contribution in [0.3, 0.4) is 0 Å². The van der Waals surface area contributed by atoms with E-state index in [4.69, 9.17) is 5.11 Å². The minimum absolute atomic E-state index is 0.0981. The number of carboxylic acids is 1. The van der Waals surface area contributed by atoms with Gasteiger partial charge >= 0.3 is 5.97 Å². The van der Waals surface area contributed by atoms with E-state index in [2.05, 4.69) is 5.32 Å². The highest BCUT2D eigenvalue weighted by Crippen LogP contribution is 2.18. The van der Waals surface area contributed by atoms with Gasteiger partial charge < -0.3 is 15.3 Å². The maximum atomic E-state index is 12.1. The number of amides is 1. The Morgan fingerprint density at radius 2 is 2.28 bits per heavy atom. The van der Waals surface area contributed by atoms with Crippen LogP contribution in [0.1, 0.15) is 19.3 Å². The van der Waals surface area contributed by atoms with E-state index in [-0.39, 0.29) is 17.9 Å². The number of aliphatic carboxylic acids is 1. The van der Waals surface area contributed by atoms with Gasteiger partial charge in [0.1, 0.15) is 0 Å². The number of carbonyl (C=O) groups is 2. The van der Waals surface area contributed by atoms with Gasteiger partial charge in [0, 0.05) is 43.6 Å². The monoisotopic (exact) mass is 272 g/mol. The van der Waals surface area contributed by atoms with Crippen LogP contribution in [0.15, 0.2) is 0 Å². The molecule has 1 unspecified atom stereocenters. The van der Waals surface area contributed by atoms with Crippen LogP contribution in [0.4, 0.5) is 0 Å². The van der Waals surface area contributed by atoms with E-state index in [1.165, 1.54) is 0 Å². The van der Waals surface area contributed by atoms with Crippen molar-refractivity contribution in [1.82, 2.24) is 10.2 Å². The van der Waals surface area contributed by atoms with E-state index in [9.17, 15) is 9.59 Å². The first-order valence-corrected chi connectivity index (χ1v) is 7.64. The van der Waals surface area contributed by atoms with Gasteiger partial charge in [0.25, 0.3) is 0 Å². The predicted octanol–water partition coefficient (Wildman–Crippen LogP) is 0.405. The van der Waals surface area contributed by atoms with Crippen molar-refractivity contribution in [3.05, 3.63) is 0 Å². The lowest BCUT2D eigenvalue weighted by Crippen LogP contribution is -2.46. The Hall–Kier alpha value is -0.750. The van der Waals surface area contributed by atoms with Crippen LogP contribution in [0, 0.1) is 5.92 Å². The van der Waals surface area contributed by atoms with Gasteiger partial charge in [0.05, 0.1) is 5.92 Å². The molecule has 0 aliphatic carbocycles. The van der Waals surface area contributed by atoms with Crippen LogP contribution in [0.2, 0.25) is 0 Å². The SMILES string of the molecule is O=C(O)[C@H]1CCCN(C(=O)CC2CSCCN2)C1. The van der Waals surface area contributed by atoms with Gasteiger partial charge in [-0.25, -0.2) is 0 Å². The summed E-state index contributed by atoms with van der Waals surface area (Å²) in [5.74, 6) is 1.02. The highest BCUT2D eigenvalue weighted by atomic mass is 32.2. The largest absolute Gasteiger partial charge is 0.481 e. The third kappa shape index (κ3) is 3.62. The van der Waals surface area contributed by atoms with Crippen molar-refractivity contribution in [2.75, 3.05) is 31.1 Å². The second kappa shape index (κ2) is 6.43. The quantitative estimate of drug-likeness (QED) is 0.778. The molecule has 1 amide bonds. The number of nitrogens with zero attached hydrogens (tertiary/aromatic N) is 1. The molecule has 2 aliphatic rings. The summed E-state index contributed by atoms with van der Waals surface area (Å²) in [7, 11) is 0. The predicted molar refractivity (Wildman–Crippen MR) is 70.7 cm³/mol. The molecule has 2 rings (SSSR count). The number of nitrogens with one attached hydrogen (secondary N) is 1. The average molecular weight is 272 g/mol. The molecule has 18 heavy (non-hydrogen) atoms. The molecule has 0 bridgehead atoms. The molecule has 0 radical (unpaired) electrons. The lowest BCUT2D eigenvalue weighted by atomic mass is 9.98. The summed E-state index contributed by atoms with van der Waals surface area (Å²) >= 11 is 1.87. The maximum Gasteiger partial charge on any atom is 0.308 e. The van der Waals surface area contributed by atoms with Crippen molar-refractivity contribution in [3.63, 3.8) is 0 Å². The highest BCUT2D eigenvalue weighted by molar-refractivity contribution is 7.99. The Morgan fingerprint density at radius 1 is 1.44 bits per heavy atom. The molecular formula is C12H20N2O3S. The number of hydrogen-bond acceptors (Lipinski definition) is 4. The first-order chi connectivity index (χ1) is 8.66. The van der Waals surface area contributed by atoms with E-state index < -0.39 is 5.97 Å². The zero-order chi connectivity index (χ0) is 13.0. The van der Waals surface area contributed by atoms with Crippen molar-refractivity contribution in [3.8, 4) is 0 Å². The lowest BCUT2D eigenvalue weighted by Gasteiger charge is -2.32. The fraction of sp³-hybridized carbons (Fsp3) is 0.833. The number of carboxylic acid groups (broad SMARTS) is 1. The van der Waals surface area contributed by atoms with Crippen molar-refractivity contribution in [2.24, 2.45) is 5.92 Å². The lowest BCUT2D eigenvalue weighted by molar-refractivity contribution is -0.145. The van der Waals surface area contributed by atoms with Crippen LogP contribution in [0.25, 0.3) is 0 Å².